The number of hydrogen-bond donors (Lipinski definition) is 2. The summed E-state index contributed by atoms with van der Waals surface area (Å²) in [6, 6.07) is 11.9. The van der Waals surface area contributed by atoms with E-state index in [4.69, 9.17) is 4.74 Å². The van der Waals surface area contributed by atoms with Crippen molar-refractivity contribution in [1.29, 1.82) is 0 Å². The normalized spacial score (nSPS) is 25.5. The number of benzene rings is 2. The molecule has 1 aliphatic carbocycles. The first-order chi connectivity index (χ1) is 14.9. The summed E-state index contributed by atoms with van der Waals surface area (Å²) >= 11 is 0. The molecule has 1 amide bonds. The number of fused-ring (bicyclic) bond motifs is 1. The summed E-state index contributed by atoms with van der Waals surface area (Å²) in [4.78, 5) is 26.2. The number of likely N-dealkylation sites (tertiary alicyclic amines) is 1. The van der Waals surface area contributed by atoms with Crippen molar-refractivity contribution in [2.24, 2.45) is 5.41 Å². The number of nitrogens with one attached hydrogen (secondary N) is 1. The Morgan fingerprint density at radius 1 is 1.19 bits per heavy atom. The van der Waals surface area contributed by atoms with E-state index in [-0.39, 0.29) is 17.1 Å². The topological polar surface area (TPSA) is 78.9 Å². The lowest BCUT2D eigenvalue weighted by Gasteiger charge is -2.34. The number of carbonyl (C=O) groups is 2. The van der Waals surface area contributed by atoms with Crippen molar-refractivity contribution in [2.75, 3.05) is 18.4 Å². The van der Waals surface area contributed by atoms with Crippen LogP contribution in [0.1, 0.15) is 50.0 Å². The van der Waals surface area contributed by atoms with E-state index >= 15 is 0 Å². The molecule has 1 spiro atoms. The van der Waals surface area contributed by atoms with E-state index in [0.29, 0.717) is 44.5 Å². The number of amides is 1. The van der Waals surface area contributed by atoms with E-state index in [2.05, 4.69) is 5.32 Å². The van der Waals surface area contributed by atoms with E-state index in [1.807, 2.05) is 36.1 Å². The Morgan fingerprint density at radius 2 is 1.90 bits per heavy atom. The zero-order chi connectivity index (χ0) is 21.8. The summed E-state index contributed by atoms with van der Waals surface area (Å²) in [6.45, 7) is 3.09. The molecule has 1 saturated carbocycles. The molecule has 2 fully saturated rings. The van der Waals surface area contributed by atoms with Crippen molar-refractivity contribution in [2.45, 2.75) is 44.2 Å². The molecule has 2 atom stereocenters. The van der Waals surface area contributed by atoms with Gasteiger partial charge in [-0.2, -0.15) is 0 Å². The van der Waals surface area contributed by atoms with Gasteiger partial charge in [0.25, 0.3) is 0 Å². The summed E-state index contributed by atoms with van der Waals surface area (Å²) in [5.74, 6) is -0.560. The molecule has 6 nitrogen and oxygen atoms in total. The first-order valence-corrected chi connectivity index (χ1v) is 10.7. The number of aliphatic carboxylic acids is 1. The molecule has 0 aromatic heterocycles. The van der Waals surface area contributed by atoms with Crippen LogP contribution < -0.4 is 10.1 Å². The SMILES string of the molecule is CCC(=O)N1CCC2(CC1)C[C@@]2(C(=O)O)c1ccc(C2Nc3ccc(F)cc3O2)cc1. The van der Waals surface area contributed by atoms with Crippen molar-refractivity contribution >= 4 is 17.6 Å². The third-order valence-electron chi connectivity index (χ3n) is 7.31. The number of rotatable bonds is 4. The summed E-state index contributed by atoms with van der Waals surface area (Å²) in [6.07, 6.45) is 2.06. The monoisotopic (exact) mass is 424 g/mol. The van der Waals surface area contributed by atoms with Crippen LogP contribution in [0, 0.1) is 11.2 Å². The van der Waals surface area contributed by atoms with Gasteiger partial charge in [-0.3, -0.25) is 9.59 Å². The van der Waals surface area contributed by atoms with Crippen molar-refractivity contribution < 1.29 is 23.8 Å². The van der Waals surface area contributed by atoms with Crippen LogP contribution >= 0.6 is 0 Å². The second-order valence-corrected chi connectivity index (χ2v) is 8.81. The molecule has 2 aromatic carbocycles. The number of anilines is 1. The summed E-state index contributed by atoms with van der Waals surface area (Å²) in [5, 5.41) is 13.4. The molecule has 0 bridgehead atoms. The lowest BCUT2D eigenvalue weighted by Crippen LogP contribution is -2.42. The highest BCUT2D eigenvalue weighted by molar-refractivity contribution is 5.87. The smallest absolute Gasteiger partial charge is 0.314 e. The fourth-order valence-corrected chi connectivity index (χ4v) is 5.41. The minimum atomic E-state index is -0.900. The number of hydrogen-bond acceptors (Lipinski definition) is 4. The van der Waals surface area contributed by atoms with Gasteiger partial charge in [-0.05, 0) is 42.4 Å². The van der Waals surface area contributed by atoms with Gasteiger partial charge in [0.2, 0.25) is 5.91 Å². The van der Waals surface area contributed by atoms with Gasteiger partial charge in [-0.1, -0.05) is 31.2 Å². The summed E-state index contributed by atoms with van der Waals surface area (Å²) in [5.41, 5.74) is 1.18. The van der Waals surface area contributed by atoms with E-state index < -0.39 is 17.6 Å². The molecular weight excluding hydrogens is 399 g/mol. The largest absolute Gasteiger partial charge is 0.481 e. The highest BCUT2D eigenvalue weighted by Crippen LogP contribution is 2.69. The third kappa shape index (κ3) is 2.98. The number of nitrogens with zero attached hydrogens (tertiary/aromatic N) is 1. The van der Waals surface area contributed by atoms with Crippen molar-refractivity contribution in [3.05, 3.63) is 59.4 Å². The minimum Gasteiger partial charge on any atom is -0.481 e. The number of piperidine rings is 1. The van der Waals surface area contributed by atoms with Crippen LogP contribution in [0.2, 0.25) is 0 Å². The van der Waals surface area contributed by atoms with E-state index in [1.165, 1.54) is 12.1 Å². The predicted octanol–water partition coefficient (Wildman–Crippen LogP) is 4.07. The highest BCUT2D eigenvalue weighted by atomic mass is 19.1. The molecule has 162 valence electrons. The van der Waals surface area contributed by atoms with E-state index in [1.54, 1.807) is 6.07 Å². The summed E-state index contributed by atoms with van der Waals surface area (Å²) in [7, 11) is 0. The molecule has 5 rings (SSSR count). The molecule has 2 heterocycles. The van der Waals surface area contributed by atoms with Crippen LogP contribution in [0.25, 0.3) is 0 Å². The zero-order valence-corrected chi connectivity index (χ0v) is 17.4. The van der Waals surface area contributed by atoms with Crippen molar-refractivity contribution in [3.63, 3.8) is 0 Å². The number of carboxylic acids is 1. The van der Waals surface area contributed by atoms with Crippen LogP contribution in [0.5, 0.6) is 5.75 Å². The maximum atomic E-state index is 13.4. The molecule has 2 aliphatic heterocycles. The van der Waals surface area contributed by atoms with Gasteiger partial charge in [0.15, 0.2) is 6.23 Å². The zero-order valence-electron chi connectivity index (χ0n) is 17.4. The molecular formula is C24H25FN2O4. The quantitative estimate of drug-likeness (QED) is 0.774. The average Bonchev–Trinajstić information content (AvgIpc) is 3.23. The van der Waals surface area contributed by atoms with Gasteiger partial charge < -0.3 is 20.1 Å². The van der Waals surface area contributed by atoms with E-state index in [0.717, 1.165) is 16.8 Å². The Bertz CT molecular complexity index is 1050. The molecule has 3 aliphatic rings. The summed E-state index contributed by atoms with van der Waals surface area (Å²) < 4.78 is 19.2. The number of halogens is 1. The average molecular weight is 424 g/mol. The second kappa shape index (κ2) is 6.97. The molecule has 2 N–H and O–H groups in total. The Balaban J connectivity index is 1.34. The minimum absolute atomic E-state index is 0.130. The number of ether oxygens (including phenoxy) is 1. The van der Waals surface area contributed by atoms with Gasteiger partial charge in [0.05, 0.1) is 11.1 Å². The molecule has 1 saturated heterocycles. The lowest BCUT2D eigenvalue weighted by molar-refractivity contribution is -0.141. The van der Waals surface area contributed by atoms with E-state index in [9.17, 15) is 19.1 Å². The maximum Gasteiger partial charge on any atom is 0.314 e. The van der Waals surface area contributed by atoms with Crippen LogP contribution in [-0.2, 0) is 15.0 Å². The van der Waals surface area contributed by atoms with Crippen LogP contribution in [0.3, 0.4) is 0 Å². The molecule has 7 heteroatoms. The predicted molar refractivity (Wildman–Crippen MR) is 112 cm³/mol. The lowest BCUT2D eigenvalue weighted by atomic mass is 9.80. The molecule has 1 unspecified atom stereocenters. The van der Waals surface area contributed by atoms with Gasteiger partial charge in [0.1, 0.15) is 11.6 Å². The highest BCUT2D eigenvalue weighted by Gasteiger charge is 2.72. The van der Waals surface area contributed by atoms with Gasteiger partial charge in [-0.25, -0.2) is 4.39 Å². The fraction of sp³-hybridized carbons (Fsp3) is 0.417. The molecule has 0 radical (unpaired) electrons. The van der Waals surface area contributed by atoms with Crippen LogP contribution in [0.4, 0.5) is 10.1 Å². The Labute approximate surface area is 180 Å². The van der Waals surface area contributed by atoms with Gasteiger partial charge >= 0.3 is 5.97 Å². The van der Waals surface area contributed by atoms with Gasteiger partial charge in [0, 0.05) is 31.1 Å². The second-order valence-electron chi connectivity index (χ2n) is 8.81. The van der Waals surface area contributed by atoms with Crippen LogP contribution in [-0.4, -0.2) is 35.0 Å². The Kier molecular flexibility index (Phi) is 4.46. The number of carboxylic acid groups (broad SMARTS) is 1. The van der Waals surface area contributed by atoms with Crippen LogP contribution in [0.15, 0.2) is 42.5 Å². The van der Waals surface area contributed by atoms with Gasteiger partial charge in [-0.15, -0.1) is 0 Å². The first-order valence-electron chi connectivity index (χ1n) is 10.7. The standard InChI is InChI=1S/C24H25FN2O4/c1-2-20(28)27-11-9-23(10-12-27)14-24(23,22(29)30)16-5-3-15(4-6-16)21-26-18-8-7-17(25)13-19(18)31-21/h3-8,13,21,26H,2,9-12,14H2,1H3,(H,29,30)/t21?,24-/m0/s1. The molecule has 31 heavy (non-hydrogen) atoms. The number of carbonyl (C=O) groups excluding carboxylic acids is 1. The van der Waals surface area contributed by atoms with Crippen molar-refractivity contribution in [3.8, 4) is 5.75 Å². The maximum absolute atomic E-state index is 13.4. The fourth-order valence-electron chi connectivity index (χ4n) is 5.41. The van der Waals surface area contributed by atoms with Crippen molar-refractivity contribution in [1.82, 2.24) is 4.90 Å². The first kappa shape index (κ1) is 19.8. The Morgan fingerprint density at radius 3 is 2.55 bits per heavy atom. The molecule has 2 aromatic rings. The Hall–Kier alpha value is -3.09. The third-order valence-corrected chi connectivity index (χ3v) is 7.31.